The zero-order valence-corrected chi connectivity index (χ0v) is 45.9. The molecule has 2 amide bonds. The van der Waals surface area contributed by atoms with E-state index in [0.717, 1.165) is 119 Å². The maximum atomic E-state index is 15.0. The average molecular weight is 1070 g/mol. The Hall–Kier alpha value is -6.63. The number of anilines is 2. The predicted molar refractivity (Wildman–Crippen MR) is 294 cm³/mol. The molecule has 19 nitrogen and oxygen atoms in total. The minimum Gasteiger partial charge on any atom is -0.497 e. The van der Waals surface area contributed by atoms with Crippen LogP contribution in [-0.4, -0.2) is 134 Å². The summed E-state index contributed by atoms with van der Waals surface area (Å²) in [5, 5.41) is 39.2. The van der Waals surface area contributed by atoms with Gasteiger partial charge in [0.25, 0.3) is 5.91 Å². The number of methoxy groups -OCH3 is 1. The molecule has 1 aliphatic heterocycles. The molecule has 4 aromatic rings. The fourth-order valence-electron chi connectivity index (χ4n) is 10.2. The van der Waals surface area contributed by atoms with Crippen molar-refractivity contribution in [3.63, 3.8) is 0 Å². The summed E-state index contributed by atoms with van der Waals surface area (Å²) in [6, 6.07) is 15.3. The number of aromatic nitrogens is 5. The number of amides is 2. The van der Waals surface area contributed by atoms with E-state index < -0.39 is 17.9 Å². The second kappa shape index (κ2) is 30.3. The van der Waals surface area contributed by atoms with Crippen LogP contribution in [0, 0.1) is 24.2 Å². The van der Waals surface area contributed by atoms with Crippen LogP contribution in [0.15, 0.2) is 60.9 Å². The van der Waals surface area contributed by atoms with E-state index in [4.69, 9.17) is 24.7 Å². The molecule has 1 aromatic carbocycles. The fourth-order valence-corrected chi connectivity index (χ4v) is 10.2. The SMILES string of the molecule is COc1ccc(C(=O)N(CC(C)(C)CCn2cc(CCCCCCCCCCCC(=O)NCCCN(CC(=O)O)CC(=O)O)nn2)c2cccc(C)n2)c(N2CCC(COc3cc([C@@H](CC(=O)O)C4CC4)ccn3)CC2)c1. The van der Waals surface area contributed by atoms with E-state index in [-0.39, 0.29) is 55.1 Å². The minimum atomic E-state index is -1.08. The van der Waals surface area contributed by atoms with Gasteiger partial charge in [0.15, 0.2) is 0 Å². The zero-order chi connectivity index (χ0) is 55.2. The van der Waals surface area contributed by atoms with Crippen LogP contribution in [0.2, 0.25) is 0 Å². The van der Waals surface area contributed by atoms with Crippen molar-refractivity contribution in [2.24, 2.45) is 17.3 Å². The molecule has 420 valence electrons. The number of carboxylic acid groups (broad SMARTS) is 3. The second-order valence-electron chi connectivity index (χ2n) is 21.9. The summed E-state index contributed by atoms with van der Waals surface area (Å²) >= 11 is 0. The molecule has 19 heteroatoms. The molecule has 1 saturated carbocycles. The number of rotatable bonds is 36. The van der Waals surface area contributed by atoms with Gasteiger partial charge in [0, 0.05) is 75.9 Å². The van der Waals surface area contributed by atoms with E-state index >= 15 is 4.79 Å². The number of carbonyl (C=O) groups is 5. The Bertz CT molecular complexity index is 2510. The molecule has 0 radical (unpaired) electrons. The standard InChI is InChI=1S/C58H83N9O10/c1-42-16-14-18-51(61-42)67(57(75)48-23-22-47(76-4)35-50(48)65-31-25-43(26-32-65)40-77-53-34-45(24-29-60-53)49(36-54(69)70)44-20-21-44)41-58(2,3)27-33-66-37-46(62-63-66)17-12-10-8-6-5-7-9-11-13-19-52(68)59-28-15-30-64(38-55(71)72)39-56(73)74/h14,16,18,22-24,29,34-35,37,43-44,49H,5-13,15,17,19-21,25-28,30-33,36,38-41H2,1-4H3,(H,59,68)(H,69,70)(H,71,72)(H,73,74)/t49-/m0/s1. The molecule has 4 N–H and O–H groups in total. The van der Waals surface area contributed by atoms with Gasteiger partial charge < -0.3 is 35.0 Å². The van der Waals surface area contributed by atoms with Crippen molar-refractivity contribution in [2.75, 3.05) is 69.3 Å². The number of nitrogens with one attached hydrogen (secondary N) is 1. The van der Waals surface area contributed by atoms with Gasteiger partial charge >= 0.3 is 17.9 Å². The average Bonchev–Trinajstić information content (AvgIpc) is 4.16. The molecule has 4 heterocycles. The van der Waals surface area contributed by atoms with Crippen molar-refractivity contribution < 1.29 is 48.8 Å². The van der Waals surface area contributed by atoms with Gasteiger partial charge in [-0.1, -0.05) is 70.1 Å². The van der Waals surface area contributed by atoms with Crippen LogP contribution in [0.1, 0.15) is 156 Å². The monoisotopic (exact) mass is 1070 g/mol. The highest BCUT2D eigenvalue weighted by molar-refractivity contribution is 6.09. The van der Waals surface area contributed by atoms with Crippen molar-refractivity contribution in [3.8, 4) is 11.6 Å². The topological polar surface area (TPSA) is 243 Å². The van der Waals surface area contributed by atoms with Crippen LogP contribution in [0.5, 0.6) is 11.6 Å². The van der Waals surface area contributed by atoms with Gasteiger partial charge in [-0.05, 0) is 124 Å². The molecule has 0 spiro atoms. The molecule has 1 saturated heterocycles. The van der Waals surface area contributed by atoms with E-state index in [1.165, 1.54) is 17.7 Å². The maximum Gasteiger partial charge on any atom is 0.317 e. The predicted octanol–water partition coefficient (Wildman–Crippen LogP) is 8.83. The second-order valence-corrected chi connectivity index (χ2v) is 21.9. The van der Waals surface area contributed by atoms with Gasteiger partial charge in [0.1, 0.15) is 11.6 Å². The third-order valence-electron chi connectivity index (χ3n) is 14.7. The number of hydrogen-bond donors (Lipinski definition) is 4. The lowest BCUT2D eigenvalue weighted by atomic mass is 9.88. The van der Waals surface area contributed by atoms with Gasteiger partial charge in [-0.3, -0.25) is 38.5 Å². The summed E-state index contributed by atoms with van der Waals surface area (Å²) < 4.78 is 13.8. The lowest BCUT2D eigenvalue weighted by Crippen LogP contribution is -2.42. The highest BCUT2D eigenvalue weighted by Crippen LogP contribution is 2.45. The Balaban J connectivity index is 0.915. The summed E-state index contributed by atoms with van der Waals surface area (Å²) in [7, 11) is 1.64. The molecule has 2 aliphatic rings. The number of unbranched alkanes of at least 4 members (excludes halogenated alkanes) is 8. The van der Waals surface area contributed by atoms with Gasteiger partial charge in [0.2, 0.25) is 11.8 Å². The first kappa shape index (κ1) is 59.6. The first-order valence-electron chi connectivity index (χ1n) is 27.9. The molecule has 3 aromatic heterocycles. The molecule has 0 bridgehead atoms. The Morgan fingerprint density at radius 1 is 0.844 bits per heavy atom. The Morgan fingerprint density at radius 2 is 1.55 bits per heavy atom. The maximum absolute atomic E-state index is 15.0. The van der Waals surface area contributed by atoms with Crippen LogP contribution in [0.25, 0.3) is 0 Å². The van der Waals surface area contributed by atoms with E-state index in [2.05, 4.69) is 39.4 Å². The molecule has 2 fully saturated rings. The number of benzene rings is 1. The largest absolute Gasteiger partial charge is 0.497 e. The van der Waals surface area contributed by atoms with E-state index in [0.29, 0.717) is 68.0 Å². The smallest absolute Gasteiger partial charge is 0.317 e. The van der Waals surface area contributed by atoms with Crippen LogP contribution in [0.4, 0.5) is 11.5 Å². The van der Waals surface area contributed by atoms with E-state index in [9.17, 15) is 24.3 Å². The minimum absolute atomic E-state index is 0.0226. The number of aryl methyl sites for hydroxylation is 3. The Kier molecular flexibility index (Phi) is 23.5. The first-order valence-corrected chi connectivity index (χ1v) is 27.9. The Morgan fingerprint density at radius 3 is 2.21 bits per heavy atom. The fraction of sp³-hybridized carbons (Fsp3) is 0.603. The number of carboxylic acids is 3. The van der Waals surface area contributed by atoms with Crippen molar-refractivity contribution in [3.05, 3.63) is 83.4 Å². The number of hydrogen-bond acceptors (Lipinski definition) is 13. The highest BCUT2D eigenvalue weighted by Gasteiger charge is 2.35. The lowest BCUT2D eigenvalue weighted by Gasteiger charge is -2.36. The van der Waals surface area contributed by atoms with Crippen LogP contribution in [0.3, 0.4) is 0 Å². The van der Waals surface area contributed by atoms with E-state index in [1.807, 2.05) is 71.2 Å². The molecule has 6 rings (SSSR count). The Labute approximate surface area is 454 Å². The molecule has 0 unspecified atom stereocenters. The normalized spacial score (nSPS) is 14.3. The van der Waals surface area contributed by atoms with Gasteiger partial charge in [-0.15, -0.1) is 5.10 Å². The number of pyridine rings is 2. The van der Waals surface area contributed by atoms with Crippen LogP contribution < -0.4 is 24.6 Å². The number of aliphatic carboxylic acids is 3. The van der Waals surface area contributed by atoms with Crippen molar-refractivity contribution in [1.29, 1.82) is 0 Å². The number of carbonyl (C=O) groups excluding carboxylic acids is 2. The summed E-state index contributed by atoms with van der Waals surface area (Å²) in [4.78, 5) is 75.4. The van der Waals surface area contributed by atoms with Crippen LogP contribution in [-0.2, 0) is 32.1 Å². The first-order chi connectivity index (χ1) is 37.0. The molecule has 1 atom stereocenters. The highest BCUT2D eigenvalue weighted by atomic mass is 16.5. The van der Waals surface area contributed by atoms with Crippen LogP contribution >= 0.6 is 0 Å². The zero-order valence-electron chi connectivity index (χ0n) is 45.9. The molecular formula is C58H83N9O10. The van der Waals surface area contributed by atoms with Crippen molar-refractivity contribution in [1.82, 2.24) is 35.2 Å². The molecule has 77 heavy (non-hydrogen) atoms. The summed E-state index contributed by atoms with van der Waals surface area (Å²) in [5.41, 5.74) is 3.86. The van der Waals surface area contributed by atoms with Gasteiger partial charge in [-0.25, -0.2) is 9.97 Å². The van der Waals surface area contributed by atoms with Gasteiger partial charge in [0.05, 0.1) is 50.2 Å². The third kappa shape index (κ3) is 20.7. The summed E-state index contributed by atoms with van der Waals surface area (Å²) in [5.74, 6) is -0.648. The summed E-state index contributed by atoms with van der Waals surface area (Å²) in [6.07, 6.45) is 20.0. The van der Waals surface area contributed by atoms with Crippen molar-refractivity contribution in [2.45, 2.75) is 149 Å². The lowest BCUT2D eigenvalue weighted by molar-refractivity contribution is -0.142. The quantitative estimate of drug-likeness (QED) is 0.0311. The van der Waals surface area contributed by atoms with Crippen molar-refractivity contribution >= 4 is 41.2 Å². The third-order valence-corrected chi connectivity index (χ3v) is 14.7. The molecule has 1 aliphatic carbocycles. The summed E-state index contributed by atoms with van der Waals surface area (Å²) in [6.45, 7) is 9.31. The molecular weight excluding hydrogens is 983 g/mol. The number of piperidine rings is 1. The number of nitrogens with zero attached hydrogens (tertiary/aromatic N) is 8. The van der Waals surface area contributed by atoms with Gasteiger partial charge in [-0.2, -0.15) is 0 Å². The number of ether oxygens (including phenoxy) is 2. The van der Waals surface area contributed by atoms with E-state index in [1.54, 1.807) is 13.3 Å².